The molecule has 6 heteroatoms. The summed E-state index contributed by atoms with van der Waals surface area (Å²) in [5, 5.41) is 0. The molecule has 0 unspecified atom stereocenters. The van der Waals surface area contributed by atoms with Gasteiger partial charge in [-0.15, -0.1) is 12.4 Å². The van der Waals surface area contributed by atoms with E-state index >= 15 is 0 Å². The molecule has 0 heterocycles. The molecule has 136 valence electrons. The Hall–Kier alpha value is -2.24. The Labute approximate surface area is 155 Å². The Balaban J connectivity index is 0.00000312. The highest BCUT2D eigenvalue weighted by Gasteiger charge is 2.07. The van der Waals surface area contributed by atoms with Crippen molar-refractivity contribution in [2.45, 2.75) is 13.0 Å². The molecule has 0 aliphatic rings. The van der Waals surface area contributed by atoms with Crippen molar-refractivity contribution in [1.82, 2.24) is 4.90 Å². The van der Waals surface area contributed by atoms with Gasteiger partial charge in [-0.3, -0.25) is 4.79 Å². The third-order valence-electron chi connectivity index (χ3n) is 3.55. The summed E-state index contributed by atoms with van der Waals surface area (Å²) in [4.78, 5) is 13.2. The molecule has 0 saturated heterocycles. The van der Waals surface area contributed by atoms with Gasteiger partial charge in [-0.25, -0.2) is 0 Å². The Morgan fingerprint density at radius 2 is 1.60 bits per heavy atom. The van der Waals surface area contributed by atoms with E-state index in [4.69, 9.17) is 15.2 Å². The van der Waals surface area contributed by atoms with Crippen molar-refractivity contribution in [3.63, 3.8) is 0 Å². The highest BCUT2D eigenvalue weighted by molar-refractivity contribution is 5.85. The van der Waals surface area contributed by atoms with Gasteiger partial charge in [0.05, 0.1) is 6.54 Å². The van der Waals surface area contributed by atoms with Gasteiger partial charge in [-0.1, -0.05) is 30.3 Å². The minimum Gasteiger partial charge on any atom is -0.492 e. The maximum Gasteiger partial charge on any atom is 0.223 e. The zero-order valence-corrected chi connectivity index (χ0v) is 15.2. The highest BCUT2D eigenvalue weighted by Crippen LogP contribution is 2.18. The molecular formula is C19H25ClN2O3. The van der Waals surface area contributed by atoms with E-state index in [-0.39, 0.29) is 18.3 Å². The van der Waals surface area contributed by atoms with Gasteiger partial charge in [0, 0.05) is 20.0 Å². The summed E-state index contributed by atoms with van der Waals surface area (Å²) in [6.07, 6.45) is 0.365. The van der Waals surface area contributed by atoms with Gasteiger partial charge in [0.2, 0.25) is 5.91 Å². The van der Waals surface area contributed by atoms with E-state index in [9.17, 15) is 4.79 Å². The molecule has 2 N–H and O–H groups in total. The lowest BCUT2D eigenvalue weighted by Gasteiger charge is -2.17. The first-order valence-corrected chi connectivity index (χ1v) is 8.02. The largest absolute Gasteiger partial charge is 0.492 e. The van der Waals surface area contributed by atoms with Gasteiger partial charge < -0.3 is 20.1 Å². The summed E-state index contributed by atoms with van der Waals surface area (Å²) in [7, 11) is 1.75. The first kappa shape index (κ1) is 20.8. The van der Waals surface area contributed by atoms with Crippen molar-refractivity contribution < 1.29 is 14.3 Å². The smallest absolute Gasteiger partial charge is 0.223 e. The van der Waals surface area contributed by atoms with Gasteiger partial charge in [0.15, 0.2) is 0 Å². The van der Waals surface area contributed by atoms with Crippen molar-refractivity contribution >= 4 is 18.3 Å². The van der Waals surface area contributed by atoms with Crippen molar-refractivity contribution in [2.24, 2.45) is 5.73 Å². The molecule has 0 radical (unpaired) electrons. The van der Waals surface area contributed by atoms with E-state index in [1.54, 1.807) is 11.9 Å². The lowest BCUT2D eigenvalue weighted by Crippen LogP contribution is -2.32. The number of ether oxygens (including phenoxy) is 2. The van der Waals surface area contributed by atoms with E-state index in [1.807, 2.05) is 54.6 Å². The molecule has 0 atom stereocenters. The van der Waals surface area contributed by atoms with Crippen molar-refractivity contribution in [3.05, 3.63) is 60.2 Å². The number of nitrogens with zero attached hydrogens (tertiary/aromatic N) is 1. The molecule has 2 rings (SSSR count). The van der Waals surface area contributed by atoms with Gasteiger partial charge in [-0.2, -0.15) is 0 Å². The third kappa shape index (κ3) is 7.45. The SMILES string of the molecule is CN(CCOc1ccc(OCc2ccccc2)cc1)C(=O)CCN.Cl. The van der Waals surface area contributed by atoms with Gasteiger partial charge >= 0.3 is 0 Å². The van der Waals surface area contributed by atoms with Crippen LogP contribution in [-0.4, -0.2) is 37.6 Å². The second-order valence-electron chi connectivity index (χ2n) is 5.45. The van der Waals surface area contributed by atoms with Crippen LogP contribution < -0.4 is 15.2 Å². The van der Waals surface area contributed by atoms with Gasteiger partial charge in [-0.05, 0) is 29.8 Å². The standard InChI is InChI=1S/C19H24N2O3.ClH/c1-21(19(22)11-12-20)13-14-23-17-7-9-18(10-8-17)24-15-16-5-3-2-4-6-16;/h2-10H,11-15,20H2,1H3;1H. The third-order valence-corrected chi connectivity index (χ3v) is 3.55. The van der Waals surface area contributed by atoms with Crippen LogP contribution in [-0.2, 0) is 11.4 Å². The summed E-state index contributed by atoms with van der Waals surface area (Å²) in [5.74, 6) is 1.58. The number of benzene rings is 2. The Morgan fingerprint density at radius 1 is 1.00 bits per heavy atom. The van der Waals surface area contributed by atoms with Crippen molar-refractivity contribution in [2.75, 3.05) is 26.7 Å². The molecule has 25 heavy (non-hydrogen) atoms. The predicted molar refractivity (Wildman–Crippen MR) is 101 cm³/mol. The van der Waals surface area contributed by atoms with Crippen LogP contribution >= 0.6 is 12.4 Å². The highest BCUT2D eigenvalue weighted by atomic mass is 35.5. The van der Waals surface area contributed by atoms with E-state index in [0.717, 1.165) is 17.1 Å². The molecule has 0 aromatic heterocycles. The average molecular weight is 365 g/mol. The quantitative estimate of drug-likeness (QED) is 0.743. The maximum atomic E-state index is 11.6. The zero-order valence-electron chi connectivity index (χ0n) is 14.4. The first-order chi connectivity index (χ1) is 11.7. The van der Waals surface area contributed by atoms with Crippen molar-refractivity contribution in [1.29, 1.82) is 0 Å². The second-order valence-corrected chi connectivity index (χ2v) is 5.45. The molecule has 1 amide bonds. The lowest BCUT2D eigenvalue weighted by atomic mass is 10.2. The summed E-state index contributed by atoms with van der Waals surface area (Å²) in [6.45, 7) is 1.88. The number of nitrogens with two attached hydrogens (primary N) is 1. The average Bonchev–Trinajstić information content (AvgIpc) is 2.62. The molecule has 0 fully saturated rings. The van der Waals surface area contributed by atoms with Crippen LogP contribution in [0.1, 0.15) is 12.0 Å². The molecular weight excluding hydrogens is 340 g/mol. The predicted octanol–water partition coefficient (Wildman–Crippen LogP) is 2.87. The number of likely N-dealkylation sites (N-methyl/N-ethyl adjacent to an activating group) is 1. The fourth-order valence-electron chi connectivity index (χ4n) is 2.11. The van der Waals surface area contributed by atoms with Crippen LogP contribution in [0.5, 0.6) is 11.5 Å². The van der Waals surface area contributed by atoms with Crippen LogP contribution in [0.4, 0.5) is 0 Å². The molecule has 0 aliphatic heterocycles. The monoisotopic (exact) mass is 364 g/mol. The van der Waals surface area contributed by atoms with Gasteiger partial charge in [0.25, 0.3) is 0 Å². The number of carbonyl (C=O) groups excluding carboxylic acids is 1. The normalized spacial score (nSPS) is 9.84. The van der Waals surface area contributed by atoms with Crippen LogP contribution in [0.3, 0.4) is 0 Å². The number of carbonyl (C=O) groups is 1. The topological polar surface area (TPSA) is 64.8 Å². The minimum absolute atomic E-state index is 0. The number of amides is 1. The molecule has 2 aromatic carbocycles. The van der Waals surface area contributed by atoms with E-state index in [2.05, 4.69) is 0 Å². The Morgan fingerprint density at radius 3 is 2.20 bits per heavy atom. The van der Waals surface area contributed by atoms with Crippen molar-refractivity contribution in [3.8, 4) is 11.5 Å². The molecule has 0 aliphatic carbocycles. The summed E-state index contributed by atoms with van der Waals surface area (Å²) >= 11 is 0. The number of hydrogen-bond acceptors (Lipinski definition) is 4. The first-order valence-electron chi connectivity index (χ1n) is 8.02. The summed E-state index contributed by atoms with van der Waals surface area (Å²) in [5.41, 5.74) is 6.50. The Bertz CT molecular complexity index is 620. The minimum atomic E-state index is 0. The fourth-order valence-corrected chi connectivity index (χ4v) is 2.11. The Kier molecular flexibility index (Phi) is 9.43. The molecule has 5 nitrogen and oxygen atoms in total. The second kappa shape index (κ2) is 11.3. The fraction of sp³-hybridized carbons (Fsp3) is 0.316. The van der Waals surface area contributed by atoms with E-state index < -0.39 is 0 Å². The lowest BCUT2D eigenvalue weighted by molar-refractivity contribution is -0.130. The van der Waals surface area contributed by atoms with E-state index in [0.29, 0.717) is 32.7 Å². The van der Waals surface area contributed by atoms with Crippen LogP contribution in [0.25, 0.3) is 0 Å². The number of rotatable bonds is 9. The van der Waals surface area contributed by atoms with E-state index in [1.165, 1.54) is 0 Å². The molecule has 0 bridgehead atoms. The summed E-state index contributed by atoms with van der Waals surface area (Å²) in [6, 6.07) is 17.5. The molecule has 0 spiro atoms. The molecule has 0 saturated carbocycles. The number of halogens is 1. The van der Waals surface area contributed by atoms with Gasteiger partial charge in [0.1, 0.15) is 24.7 Å². The maximum absolute atomic E-state index is 11.6. The summed E-state index contributed by atoms with van der Waals surface area (Å²) < 4.78 is 11.4. The van der Waals surface area contributed by atoms with Crippen LogP contribution in [0, 0.1) is 0 Å². The van der Waals surface area contributed by atoms with Crippen LogP contribution in [0.15, 0.2) is 54.6 Å². The molecule has 2 aromatic rings. The van der Waals surface area contributed by atoms with Crippen LogP contribution in [0.2, 0.25) is 0 Å². The zero-order chi connectivity index (χ0) is 17.2. The number of hydrogen-bond donors (Lipinski definition) is 1.